The maximum Gasteiger partial charge on any atom is 0.449 e. The monoisotopic (exact) mass is 411 g/mol. The van der Waals surface area contributed by atoms with Gasteiger partial charge in [-0.3, -0.25) is 4.72 Å². The third-order valence-corrected chi connectivity index (χ3v) is 4.55. The first-order chi connectivity index (χ1) is 10.5. The zero-order chi connectivity index (χ0) is 17.0. The maximum absolute atomic E-state index is 13.3. The highest BCUT2D eigenvalue weighted by molar-refractivity contribution is 9.10. The molecule has 1 saturated carbocycles. The van der Waals surface area contributed by atoms with Gasteiger partial charge >= 0.3 is 6.18 Å². The van der Waals surface area contributed by atoms with Crippen LogP contribution in [0.25, 0.3) is 11.0 Å². The van der Waals surface area contributed by atoms with Crippen LogP contribution in [0.2, 0.25) is 0 Å². The molecule has 10 heteroatoms. The number of sulfonamides is 1. The van der Waals surface area contributed by atoms with E-state index in [4.69, 9.17) is 0 Å². The van der Waals surface area contributed by atoms with Crippen molar-refractivity contribution in [2.24, 2.45) is 5.92 Å². The second-order valence-electron chi connectivity index (χ2n) is 5.68. The number of hydrogen-bond acceptors (Lipinski definition) is 3. The Bertz CT molecular complexity index is 873. The molecule has 3 rings (SSSR count). The Kier molecular flexibility index (Phi) is 3.87. The Labute approximate surface area is 139 Å². The molecule has 1 fully saturated rings. The molecule has 0 bridgehead atoms. The smallest absolute Gasteiger partial charge is 0.320 e. The summed E-state index contributed by atoms with van der Waals surface area (Å²) < 4.78 is 66.6. The van der Waals surface area contributed by atoms with Crippen LogP contribution in [0.5, 0.6) is 0 Å². The van der Waals surface area contributed by atoms with Crippen LogP contribution >= 0.6 is 15.9 Å². The van der Waals surface area contributed by atoms with Crippen molar-refractivity contribution in [2.45, 2.75) is 25.6 Å². The number of imidazole rings is 1. The molecule has 0 aliphatic heterocycles. The number of halogens is 4. The van der Waals surface area contributed by atoms with Crippen LogP contribution in [-0.2, 0) is 22.7 Å². The Hall–Kier alpha value is -1.29. The number of aromatic nitrogens is 2. The minimum atomic E-state index is -4.61. The van der Waals surface area contributed by atoms with E-state index in [2.05, 4.69) is 25.6 Å². The van der Waals surface area contributed by atoms with Crippen molar-refractivity contribution in [3.63, 3.8) is 0 Å². The molecule has 1 N–H and O–H groups in total. The SMILES string of the molecule is CS(=O)(=O)Nc1cc(Br)cc2c1nc(C(F)(F)F)n2CC1CC1. The quantitative estimate of drug-likeness (QED) is 0.835. The van der Waals surface area contributed by atoms with Crippen molar-refractivity contribution < 1.29 is 21.6 Å². The Morgan fingerprint density at radius 1 is 1.39 bits per heavy atom. The molecule has 2 aromatic rings. The van der Waals surface area contributed by atoms with Crippen LogP contribution in [0.4, 0.5) is 18.9 Å². The number of fused-ring (bicyclic) bond motifs is 1. The number of nitrogens with zero attached hydrogens (tertiary/aromatic N) is 2. The number of benzene rings is 1. The maximum atomic E-state index is 13.3. The largest absolute Gasteiger partial charge is 0.449 e. The molecule has 0 spiro atoms. The average molecular weight is 412 g/mol. The lowest BCUT2D eigenvalue weighted by atomic mass is 10.2. The van der Waals surface area contributed by atoms with Gasteiger partial charge in [0.1, 0.15) is 5.52 Å². The molecule has 5 nitrogen and oxygen atoms in total. The van der Waals surface area contributed by atoms with E-state index in [1.165, 1.54) is 12.1 Å². The van der Waals surface area contributed by atoms with Gasteiger partial charge in [0.25, 0.3) is 0 Å². The van der Waals surface area contributed by atoms with Gasteiger partial charge < -0.3 is 4.57 Å². The fourth-order valence-corrected chi connectivity index (χ4v) is 3.43. The molecule has 1 aromatic carbocycles. The normalized spacial score (nSPS) is 16.0. The minimum absolute atomic E-state index is 0.00778. The second kappa shape index (κ2) is 5.37. The van der Waals surface area contributed by atoms with Gasteiger partial charge in [0.2, 0.25) is 15.8 Å². The van der Waals surface area contributed by atoms with Gasteiger partial charge in [-0.2, -0.15) is 13.2 Å². The zero-order valence-electron chi connectivity index (χ0n) is 12.0. The number of anilines is 1. The fourth-order valence-electron chi connectivity index (χ4n) is 2.43. The van der Waals surface area contributed by atoms with E-state index in [9.17, 15) is 21.6 Å². The first kappa shape index (κ1) is 16.6. The summed E-state index contributed by atoms with van der Waals surface area (Å²) in [5.74, 6) is -0.798. The molecule has 0 unspecified atom stereocenters. The van der Waals surface area contributed by atoms with Crippen LogP contribution in [0, 0.1) is 5.92 Å². The summed E-state index contributed by atoms with van der Waals surface area (Å²) in [4.78, 5) is 3.68. The number of rotatable bonds is 4. The minimum Gasteiger partial charge on any atom is -0.320 e. The topological polar surface area (TPSA) is 64.0 Å². The predicted molar refractivity (Wildman–Crippen MR) is 83.6 cm³/mol. The van der Waals surface area contributed by atoms with E-state index in [0.717, 1.165) is 23.7 Å². The first-order valence-electron chi connectivity index (χ1n) is 6.79. The third-order valence-electron chi connectivity index (χ3n) is 3.51. The summed E-state index contributed by atoms with van der Waals surface area (Å²) >= 11 is 3.21. The van der Waals surface area contributed by atoms with Crippen LogP contribution in [0.3, 0.4) is 0 Å². The molecular weight excluding hydrogens is 399 g/mol. The fraction of sp³-hybridized carbons (Fsp3) is 0.462. The van der Waals surface area contributed by atoms with Crippen LogP contribution in [-0.4, -0.2) is 24.2 Å². The van der Waals surface area contributed by atoms with Crippen molar-refractivity contribution >= 4 is 42.7 Å². The summed E-state index contributed by atoms with van der Waals surface area (Å²) in [7, 11) is -3.64. The molecule has 1 aliphatic carbocycles. The molecule has 0 radical (unpaired) electrons. The first-order valence-corrected chi connectivity index (χ1v) is 9.48. The van der Waals surface area contributed by atoms with E-state index < -0.39 is 22.0 Å². The molecule has 0 amide bonds. The summed E-state index contributed by atoms with van der Waals surface area (Å²) in [6, 6.07) is 2.92. The van der Waals surface area contributed by atoms with Crippen molar-refractivity contribution in [1.82, 2.24) is 9.55 Å². The zero-order valence-corrected chi connectivity index (χ0v) is 14.4. The molecule has 126 valence electrons. The highest BCUT2D eigenvalue weighted by Gasteiger charge is 2.39. The summed E-state index contributed by atoms with van der Waals surface area (Å²) in [5.41, 5.74) is 0.272. The Morgan fingerprint density at radius 3 is 2.57 bits per heavy atom. The van der Waals surface area contributed by atoms with Gasteiger partial charge in [-0.05, 0) is 30.9 Å². The average Bonchev–Trinajstić information content (AvgIpc) is 3.08. The predicted octanol–water partition coefficient (Wildman–Crippen LogP) is 3.60. The summed E-state index contributed by atoms with van der Waals surface area (Å²) in [5, 5.41) is 0. The van der Waals surface area contributed by atoms with Gasteiger partial charge in [0.05, 0.1) is 17.5 Å². The number of alkyl halides is 3. The van der Waals surface area contributed by atoms with E-state index in [1.807, 2.05) is 0 Å². The van der Waals surface area contributed by atoms with Crippen molar-refractivity contribution in [3.8, 4) is 0 Å². The van der Waals surface area contributed by atoms with Gasteiger partial charge in [0.15, 0.2) is 0 Å². The van der Waals surface area contributed by atoms with Crippen LogP contribution in [0.15, 0.2) is 16.6 Å². The summed E-state index contributed by atoms with van der Waals surface area (Å²) in [6.45, 7) is 0.222. The Balaban J connectivity index is 2.25. The lowest BCUT2D eigenvalue weighted by Crippen LogP contribution is -2.15. The molecular formula is C13H13BrF3N3O2S. The van der Waals surface area contributed by atoms with Gasteiger partial charge in [-0.15, -0.1) is 0 Å². The van der Waals surface area contributed by atoms with Crippen molar-refractivity contribution in [3.05, 3.63) is 22.4 Å². The van der Waals surface area contributed by atoms with E-state index in [1.54, 1.807) is 0 Å². The highest BCUT2D eigenvalue weighted by Crippen LogP contribution is 2.39. The summed E-state index contributed by atoms with van der Waals surface area (Å²) in [6.07, 6.45) is -1.90. The van der Waals surface area contributed by atoms with Crippen LogP contribution < -0.4 is 4.72 Å². The molecule has 23 heavy (non-hydrogen) atoms. The molecule has 1 heterocycles. The molecule has 0 atom stereocenters. The van der Waals surface area contributed by atoms with E-state index in [0.29, 0.717) is 4.47 Å². The number of nitrogens with one attached hydrogen (secondary N) is 1. The number of hydrogen-bond donors (Lipinski definition) is 1. The van der Waals surface area contributed by atoms with E-state index in [-0.39, 0.29) is 29.2 Å². The molecule has 0 saturated heterocycles. The molecule has 1 aliphatic rings. The molecule has 1 aromatic heterocycles. The van der Waals surface area contributed by atoms with Crippen molar-refractivity contribution in [2.75, 3.05) is 11.0 Å². The van der Waals surface area contributed by atoms with Gasteiger partial charge in [-0.25, -0.2) is 13.4 Å². The second-order valence-corrected chi connectivity index (χ2v) is 8.35. The van der Waals surface area contributed by atoms with Gasteiger partial charge in [-0.1, -0.05) is 15.9 Å². The van der Waals surface area contributed by atoms with Crippen LogP contribution in [0.1, 0.15) is 18.7 Å². The lowest BCUT2D eigenvalue weighted by molar-refractivity contribution is -0.147. The van der Waals surface area contributed by atoms with E-state index >= 15 is 0 Å². The van der Waals surface area contributed by atoms with Crippen molar-refractivity contribution in [1.29, 1.82) is 0 Å². The highest BCUT2D eigenvalue weighted by atomic mass is 79.9. The lowest BCUT2D eigenvalue weighted by Gasteiger charge is -2.11. The third kappa shape index (κ3) is 3.63. The van der Waals surface area contributed by atoms with Gasteiger partial charge in [0, 0.05) is 11.0 Å². The standard InChI is InChI=1S/C13H13BrF3N3O2S/c1-23(21,22)19-9-4-8(14)5-10-11(9)18-12(13(15,16)17)20(10)6-7-2-3-7/h4-5,7,19H,2-3,6H2,1H3. The Morgan fingerprint density at radius 2 is 2.04 bits per heavy atom.